The fourth-order valence-corrected chi connectivity index (χ4v) is 2.40. The summed E-state index contributed by atoms with van der Waals surface area (Å²) in [4.78, 5) is 13.8. The average molecular weight is 263 g/mol. The summed E-state index contributed by atoms with van der Waals surface area (Å²) < 4.78 is 0. The molecule has 1 fully saturated rings. The van der Waals surface area contributed by atoms with E-state index < -0.39 is 0 Å². The first-order chi connectivity index (χ1) is 9.04. The summed E-state index contributed by atoms with van der Waals surface area (Å²) in [7, 11) is 1.92. The van der Waals surface area contributed by atoms with Crippen LogP contribution in [0.3, 0.4) is 0 Å². The van der Waals surface area contributed by atoms with Gasteiger partial charge in [-0.2, -0.15) is 0 Å². The van der Waals surface area contributed by atoms with Crippen LogP contribution in [-0.2, 0) is 4.79 Å². The Morgan fingerprint density at radius 1 is 1.47 bits per heavy atom. The number of carbonyl (C=O) groups excluding carboxylic acids is 1. The SMILES string of the molecule is CN(CC(=O)Nc1ccccc1N)CC1CC(O)C1. The molecule has 0 bridgehead atoms. The third-order valence-corrected chi connectivity index (χ3v) is 3.43. The van der Waals surface area contributed by atoms with Gasteiger partial charge in [-0.3, -0.25) is 9.69 Å². The van der Waals surface area contributed by atoms with Crippen LogP contribution >= 0.6 is 0 Å². The van der Waals surface area contributed by atoms with Gasteiger partial charge < -0.3 is 16.2 Å². The molecule has 0 spiro atoms. The van der Waals surface area contributed by atoms with Crippen LogP contribution in [-0.4, -0.2) is 42.2 Å². The molecule has 0 unspecified atom stereocenters. The number of nitrogen functional groups attached to an aromatic ring is 1. The van der Waals surface area contributed by atoms with Crippen LogP contribution in [0.2, 0.25) is 0 Å². The summed E-state index contributed by atoms with van der Waals surface area (Å²) in [6, 6.07) is 7.22. The zero-order valence-corrected chi connectivity index (χ0v) is 11.2. The minimum Gasteiger partial charge on any atom is -0.397 e. The smallest absolute Gasteiger partial charge is 0.238 e. The molecule has 2 rings (SSSR count). The number of amides is 1. The van der Waals surface area contributed by atoms with Gasteiger partial charge in [0.05, 0.1) is 24.0 Å². The lowest BCUT2D eigenvalue weighted by atomic mass is 9.82. The van der Waals surface area contributed by atoms with E-state index in [9.17, 15) is 9.90 Å². The number of aliphatic hydroxyl groups excluding tert-OH is 1. The number of carbonyl (C=O) groups is 1. The van der Waals surface area contributed by atoms with Crippen molar-refractivity contribution in [2.45, 2.75) is 18.9 Å². The maximum atomic E-state index is 11.9. The van der Waals surface area contributed by atoms with E-state index >= 15 is 0 Å². The topological polar surface area (TPSA) is 78.6 Å². The number of benzene rings is 1. The number of hydrogen-bond acceptors (Lipinski definition) is 4. The second-order valence-electron chi connectivity index (χ2n) is 5.32. The third-order valence-electron chi connectivity index (χ3n) is 3.43. The molecule has 4 N–H and O–H groups in total. The Balaban J connectivity index is 1.76. The molecule has 1 aliphatic carbocycles. The molecule has 1 amide bonds. The first-order valence-corrected chi connectivity index (χ1v) is 6.55. The van der Waals surface area contributed by atoms with Crippen LogP contribution in [0.25, 0.3) is 0 Å². The van der Waals surface area contributed by atoms with Crippen molar-refractivity contribution < 1.29 is 9.90 Å². The number of nitrogens with zero attached hydrogens (tertiary/aromatic N) is 1. The molecule has 0 aliphatic heterocycles. The van der Waals surface area contributed by atoms with Crippen LogP contribution in [0.5, 0.6) is 0 Å². The van der Waals surface area contributed by atoms with Crippen molar-refractivity contribution in [3.8, 4) is 0 Å². The maximum Gasteiger partial charge on any atom is 0.238 e. The molecule has 1 saturated carbocycles. The van der Waals surface area contributed by atoms with Gasteiger partial charge in [-0.25, -0.2) is 0 Å². The molecule has 5 heteroatoms. The Morgan fingerprint density at radius 2 is 2.16 bits per heavy atom. The highest BCUT2D eigenvalue weighted by Crippen LogP contribution is 2.27. The lowest BCUT2D eigenvalue weighted by molar-refractivity contribution is -0.117. The van der Waals surface area contributed by atoms with E-state index in [2.05, 4.69) is 5.32 Å². The summed E-state index contributed by atoms with van der Waals surface area (Å²) in [5, 5.41) is 12.0. The van der Waals surface area contributed by atoms with Gasteiger partial charge in [0.1, 0.15) is 0 Å². The van der Waals surface area contributed by atoms with Gasteiger partial charge in [0.15, 0.2) is 0 Å². The van der Waals surface area contributed by atoms with Gasteiger partial charge in [0, 0.05) is 6.54 Å². The summed E-state index contributed by atoms with van der Waals surface area (Å²) in [6.45, 7) is 1.18. The van der Waals surface area contributed by atoms with Crippen LogP contribution in [0.1, 0.15) is 12.8 Å². The normalized spacial score (nSPS) is 22.1. The minimum absolute atomic E-state index is 0.0692. The lowest BCUT2D eigenvalue weighted by Crippen LogP contribution is -2.40. The number of likely N-dealkylation sites (N-methyl/N-ethyl adjacent to an activating group) is 1. The average Bonchev–Trinajstić information content (AvgIpc) is 2.30. The molecular formula is C14H21N3O2. The van der Waals surface area contributed by atoms with Crippen molar-refractivity contribution >= 4 is 17.3 Å². The molecule has 1 aliphatic rings. The van der Waals surface area contributed by atoms with Crippen LogP contribution in [0, 0.1) is 5.92 Å². The molecule has 104 valence electrons. The Labute approximate surface area is 113 Å². The number of hydrogen-bond donors (Lipinski definition) is 3. The molecule has 0 saturated heterocycles. The molecule has 5 nitrogen and oxygen atoms in total. The van der Waals surface area contributed by atoms with Crippen molar-refractivity contribution in [3.05, 3.63) is 24.3 Å². The van der Waals surface area contributed by atoms with E-state index in [-0.39, 0.29) is 12.0 Å². The molecule has 0 atom stereocenters. The predicted molar refractivity (Wildman–Crippen MR) is 75.7 cm³/mol. The van der Waals surface area contributed by atoms with E-state index in [1.54, 1.807) is 12.1 Å². The maximum absolute atomic E-state index is 11.9. The van der Waals surface area contributed by atoms with Crippen LogP contribution in [0.4, 0.5) is 11.4 Å². The Kier molecular flexibility index (Phi) is 4.39. The molecular weight excluding hydrogens is 242 g/mol. The largest absolute Gasteiger partial charge is 0.397 e. The Morgan fingerprint density at radius 3 is 2.79 bits per heavy atom. The van der Waals surface area contributed by atoms with Crippen LogP contribution in [0.15, 0.2) is 24.3 Å². The van der Waals surface area contributed by atoms with Gasteiger partial charge in [-0.1, -0.05) is 12.1 Å². The molecule has 1 aromatic rings. The number of anilines is 2. The summed E-state index contributed by atoms with van der Waals surface area (Å²) >= 11 is 0. The standard InChI is InChI=1S/C14H21N3O2/c1-17(8-10-6-11(18)7-10)9-14(19)16-13-5-3-2-4-12(13)15/h2-5,10-11,18H,6-9,15H2,1H3,(H,16,19). The zero-order chi connectivity index (χ0) is 13.8. The quantitative estimate of drug-likeness (QED) is 0.690. The predicted octanol–water partition coefficient (Wildman–Crippen LogP) is 0.910. The van der Waals surface area contributed by atoms with E-state index in [0.29, 0.717) is 23.8 Å². The van der Waals surface area contributed by atoms with Gasteiger partial charge in [-0.05, 0) is 37.9 Å². The highest BCUT2D eigenvalue weighted by Gasteiger charge is 2.28. The second-order valence-corrected chi connectivity index (χ2v) is 5.32. The fourth-order valence-electron chi connectivity index (χ4n) is 2.40. The second kappa shape index (κ2) is 6.04. The fraction of sp³-hybridized carbons (Fsp3) is 0.500. The van der Waals surface area contributed by atoms with Crippen molar-refractivity contribution in [2.24, 2.45) is 5.92 Å². The Hall–Kier alpha value is -1.59. The van der Waals surface area contributed by atoms with Crippen molar-refractivity contribution in [1.82, 2.24) is 4.90 Å². The highest BCUT2D eigenvalue weighted by atomic mass is 16.3. The number of rotatable bonds is 5. The molecule has 0 heterocycles. The van der Waals surface area contributed by atoms with Gasteiger partial charge in [-0.15, -0.1) is 0 Å². The van der Waals surface area contributed by atoms with Gasteiger partial charge >= 0.3 is 0 Å². The van der Waals surface area contributed by atoms with Crippen LogP contribution < -0.4 is 11.1 Å². The lowest BCUT2D eigenvalue weighted by Gasteiger charge is -2.34. The first kappa shape index (κ1) is 13.8. The minimum atomic E-state index is -0.142. The number of nitrogens with one attached hydrogen (secondary N) is 1. The summed E-state index contributed by atoms with van der Waals surface area (Å²) in [5.74, 6) is 0.440. The zero-order valence-electron chi connectivity index (χ0n) is 11.2. The molecule has 1 aromatic carbocycles. The van der Waals surface area contributed by atoms with E-state index in [0.717, 1.165) is 19.4 Å². The number of para-hydroxylation sites is 2. The summed E-state index contributed by atoms with van der Waals surface area (Å²) in [5.41, 5.74) is 6.99. The Bertz CT molecular complexity index is 444. The van der Waals surface area contributed by atoms with E-state index in [1.807, 2.05) is 24.1 Å². The highest BCUT2D eigenvalue weighted by molar-refractivity contribution is 5.95. The van der Waals surface area contributed by atoms with Crippen molar-refractivity contribution in [1.29, 1.82) is 0 Å². The molecule has 0 aromatic heterocycles. The van der Waals surface area contributed by atoms with Gasteiger partial charge in [0.25, 0.3) is 0 Å². The van der Waals surface area contributed by atoms with Crippen molar-refractivity contribution in [3.63, 3.8) is 0 Å². The molecule has 19 heavy (non-hydrogen) atoms. The van der Waals surface area contributed by atoms with E-state index in [1.165, 1.54) is 0 Å². The van der Waals surface area contributed by atoms with Crippen molar-refractivity contribution in [2.75, 3.05) is 31.2 Å². The molecule has 0 radical (unpaired) electrons. The number of nitrogens with two attached hydrogens (primary N) is 1. The third kappa shape index (κ3) is 3.94. The van der Waals surface area contributed by atoms with Gasteiger partial charge in [0.2, 0.25) is 5.91 Å². The number of aliphatic hydroxyl groups is 1. The summed E-state index contributed by atoms with van der Waals surface area (Å²) in [6.07, 6.45) is 1.55. The first-order valence-electron chi connectivity index (χ1n) is 6.55. The van der Waals surface area contributed by atoms with E-state index in [4.69, 9.17) is 5.73 Å². The monoisotopic (exact) mass is 263 g/mol.